The maximum atomic E-state index is 11.3. The number of carbonyl (C=O) groups is 2. The topological polar surface area (TPSA) is 74.6 Å². The second-order valence-electron chi connectivity index (χ2n) is 6.32. The summed E-state index contributed by atoms with van der Waals surface area (Å²) in [6.45, 7) is 4.31. The van der Waals surface area contributed by atoms with Crippen LogP contribution in [-0.4, -0.2) is 22.2 Å². The summed E-state index contributed by atoms with van der Waals surface area (Å²) in [7, 11) is 0. The van der Waals surface area contributed by atoms with Crippen LogP contribution in [0, 0.1) is 11.8 Å². The van der Waals surface area contributed by atoms with Crippen molar-refractivity contribution in [2.45, 2.75) is 90.9 Å². The monoisotopic (exact) mass is 314 g/mol. The van der Waals surface area contributed by atoms with Gasteiger partial charge in [-0.25, -0.2) is 0 Å². The average Bonchev–Trinajstić information content (AvgIpc) is 2.45. The van der Waals surface area contributed by atoms with Crippen LogP contribution in [0.1, 0.15) is 90.9 Å². The Bertz CT molecular complexity index is 287. The molecule has 130 valence electrons. The first kappa shape index (κ1) is 20.9. The maximum absolute atomic E-state index is 11.3. The van der Waals surface area contributed by atoms with Crippen LogP contribution in [0.5, 0.6) is 0 Å². The summed E-state index contributed by atoms with van der Waals surface area (Å²) >= 11 is 0. The number of carboxylic acids is 2. The quantitative estimate of drug-likeness (QED) is 0.325. The molecule has 0 radical (unpaired) electrons. The minimum atomic E-state index is -1.24. The highest BCUT2D eigenvalue weighted by atomic mass is 16.4. The van der Waals surface area contributed by atoms with Crippen LogP contribution in [0.2, 0.25) is 0 Å². The van der Waals surface area contributed by atoms with Gasteiger partial charge in [0.05, 0.1) is 0 Å². The van der Waals surface area contributed by atoms with Crippen molar-refractivity contribution in [1.29, 1.82) is 0 Å². The molecule has 22 heavy (non-hydrogen) atoms. The first-order valence-electron chi connectivity index (χ1n) is 9.00. The van der Waals surface area contributed by atoms with Gasteiger partial charge in [-0.2, -0.15) is 0 Å². The first-order valence-corrected chi connectivity index (χ1v) is 9.00. The molecule has 0 amide bonds. The Morgan fingerprint density at radius 3 is 1.45 bits per heavy atom. The normalized spacial score (nSPS) is 12.5. The van der Waals surface area contributed by atoms with Crippen LogP contribution in [-0.2, 0) is 9.59 Å². The molecular weight excluding hydrogens is 280 g/mol. The van der Waals surface area contributed by atoms with Crippen LogP contribution in [0.4, 0.5) is 0 Å². The van der Waals surface area contributed by atoms with Gasteiger partial charge in [-0.3, -0.25) is 9.59 Å². The number of unbranched alkanes of at least 4 members (excludes halogenated alkanes) is 8. The van der Waals surface area contributed by atoms with Crippen molar-refractivity contribution in [2.75, 3.05) is 0 Å². The third kappa shape index (κ3) is 9.80. The maximum Gasteiger partial charge on any atom is 0.318 e. The lowest BCUT2D eigenvalue weighted by Gasteiger charge is -2.21. The Balaban J connectivity index is 4.31. The van der Waals surface area contributed by atoms with E-state index in [1.165, 1.54) is 25.7 Å². The van der Waals surface area contributed by atoms with Gasteiger partial charge in [-0.15, -0.1) is 0 Å². The molecule has 0 aliphatic heterocycles. The van der Waals surface area contributed by atoms with E-state index in [-0.39, 0.29) is 5.92 Å². The lowest BCUT2D eigenvalue weighted by atomic mass is 9.83. The molecular formula is C18H34O4. The van der Waals surface area contributed by atoms with Gasteiger partial charge in [0.15, 0.2) is 5.92 Å². The van der Waals surface area contributed by atoms with Gasteiger partial charge in [-0.1, -0.05) is 78.1 Å². The van der Waals surface area contributed by atoms with Crippen LogP contribution in [0.15, 0.2) is 0 Å². The summed E-state index contributed by atoms with van der Waals surface area (Å²) in [5.74, 6) is -3.83. The molecule has 0 saturated carbocycles. The van der Waals surface area contributed by atoms with Gasteiger partial charge < -0.3 is 10.2 Å². The van der Waals surface area contributed by atoms with Crippen molar-refractivity contribution in [1.82, 2.24) is 0 Å². The lowest BCUT2D eigenvalue weighted by molar-refractivity contribution is -0.157. The fourth-order valence-electron chi connectivity index (χ4n) is 3.01. The molecule has 0 aromatic rings. The molecule has 1 atom stereocenters. The van der Waals surface area contributed by atoms with Crippen molar-refractivity contribution in [3.8, 4) is 0 Å². The van der Waals surface area contributed by atoms with E-state index in [4.69, 9.17) is 0 Å². The standard InChI is InChI=1S/C18H34O4/c1-3-5-7-9-10-12-14-15(13-11-8-6-4-2)16(17(19)20)18(21)22/h15-16H,3-14H2,1-2H3,(H,19,20)(H,21,22). The van der Waals surface area contributed by atoms with Crippen molar-refractivity contribution in [3.05, 3.63) is 0 Å². The molecule has 0 bridgehead atoms. The third-order valence-corrected chi connectivity index (χ3v) is 4.36. The Kier molecular flexibility index (Phi) is 12.9. The van der Waals surface area contributed by atoms with Crippen LogP contribution >= 0.6 is 0 Å². The fourth-order valence-corrected chi connectivity index (χ4v) is 3.01. The van der Waals surface area contributed by atoms with Crippen molar-refractivity contribution >= 4 is 11.9 Å². The van der Waals surface area contributed by atoms with E-state index in [0.29, 0.717) is 0 Å². The van der Waals surface area contributed by atoms with E-state index in [2.05, 4.69) is 13.8 Å². The molecule has 0 aromatic heterocycles. The predicted molar refractivity (Wildman–Crippen MR) is 89.0 cm³/mol. The molecule has 0 spiro atoms. The van der Waals surface area contributed by atoms with E-state index in [1.807, 2.05) is 0 Å². The Morgan fingerprint density at radius 2 is 1.05 bits per heavy atom. The zero-order chi connectivity index (χ0) is 16.8. The summed E-state index contributed by atoms with van der Waals surface area (Å²) in [5, 5.41) is 18.4. The van der Waals surface area contributed by atoms with E-state index >= 15 is 0 Å². The Labute approximate surface area is 135 Å². The smallest absolute Gasteiger partial charge is 0.318 e. The van der Waals surface area contributed by atoms with Gasteiger partial charge in [-0.05, 0) is 18.8 Å². The van der Waals surface area contributed by atoms with Crippen LogP contribution in [0.3, 0.4) is 0 Å². The zero-order valence-electron chi connectivity index (χ0n) is 14.4. The lowest BCUT2D eigenvalue weighted by Crippen LogP contribution is -2.31. The van der Waals surface area contributed by atoms with Gasteiger partial charge in [0.2, 0.25) is 0 Å². The van der Waals surface area contributed by atoms with Gasteiger partial charge in [0.25, 0.3) is 0 Å². The molecule has 0 aliphatic rings. The highest BCUT2D eigenvalue weighted by Crippen LogP contribution is 2.26. The molecule has 0 heterocycles. The van der Waals surface area contributed by atoms with Gasteiger partial charge >= 0.3 is 11.9 Å². The van der Waals surface area contributed by atoms with E-state index in [1.54, 1.807) is 0 Å². The molecule has 0 aromatic carbocycles. The number of hydrogen-bond acceptors (Lipinski definition) is 2. The zero-order valence-corrected chi connectivity index (χ0v) is 14.4. The van der Waals surface area contributed by atoms with Gasteiger partial charge in [0, 0.05) is 0 Å². The second-order valence-corrected chi connectivity index (χ2v) is 6.32. The van der Waals surface area contributed by atoms with Crippen LogP contribution in [0.25, 0.3) is 0 Å². The molecule has 0 rings (SSSR count). The molecule has 4 heteroatoms. The van der Waals surface area contributed by atoms with E-state index in [9.17, 15) is 19.8 Å². The highest BCUT2D eigenvalue weighted by Gasteiger charge is 2.33. The number of aliphatic carboxylic acids is 2. The fraction of sp³-hybridized carbons (Fsp3) is 0.889. The predicted octanol–water partition coefficient (Wildman–Crippen LogP) is 5.11. The van der Waals surface area contributed by atoms with Crippen LogP contribution < -0.4 is 0 Å². The Hall–Kier alpha value is -1.06. The first-order chi connectivity index (χ1) is 10.5. The molecule has 4 nitrogen and oxygen atoms in total. The summed E-state index contributed by atoms with van der Waals surface area (Å²) in [5.41, 5.74) is 0. The minimum Gasteiger partial charge on any atom is -0.481 e. The summed E-state index contributed by atoms with van der Waals surface area (Å²) in [6.07, 6.45) is 12.6. The number of rotatable bonds is 15. The molecule has 2 N–H and O–H groups in total. The largest absolute Gasteiger partial charge is 0.481 e. The summed E-state index contributed by atoms with van der Waals surface area (Å²) in [4.78, 5) is 22.5. The molecule has 1 unspecified atom stereocenters. The summed E-state index contributed by atoms with van der Waals surface area (Å²) < 4.78 is 0. The van der Waals surface area contributed by atoms with Gasteiger partial charge in [0.1, 0.15) is 0 Å². The van der Waals surface area contributed by atoms with Crippen molar-refractivity contribution in [3.63, 3.8) is 0 Å². The van der Waals surface area contributed by atoms with E-state index in [0.717, 1.165) is 51.4 Å². The van der Waals surface area contributed by atoms with Crippen molar-refractivity contribution in [2.24, 2.45) is 11.8 Å². The van der Waals surface area contributed by atoms with E-state index < -0.39 is 17.9 Å². The number of hydrogen-bond donors (Lipinski definition) is 2. The SMILES string of the molecule is CCCCCCCCC(CCCCCC)C(C(=O)O)C(=O)O. The molecule has 0 saturated heterocycles. The van der Waals surface area contributed by atoms with Crippen molar-refractivity contribution < 1.29 is 19.8 Å². The third-order valence-electron chi connectivity index (χ3n) is 4.36. The highest BCUT2D eigenvalue weighted by molar-refractivity contribution is 5.93. The second kappa shape index (κ2) is 13.6. The molecule has 0 aliphatic carbocycles. The average molecular weight is 314 g/mol. The number of carboxylic acid groups (broad SMARTS) is 2. The minimum absolute atomic E-state index is 0.224. The summed E-state index contributed by atoms with van der Waals surface area (Å²) in [6, 6.07) is 0. The molecule has 0 fully saturated rings. The Morgan fingerprint density at radius 1 is 0.682 bits per heavy atom.